The highest BCUT2D eigenvalue weighted by Crippen LogP contribution is 2.30. The first-order valence-electron chi connectivity index (χ1n) is 8.39. The van der Waals surface area contributed by atoms with E-state index in [-0.39, 0.29) is 12.3 Å². The minimum absolute atomic E-state index is 0.126. The van der Waals surface area contributed by atoms with Gasteiger partial charge in [0.2, 0.25) is 5.91 Å². The van der Waals surface area contributed by atoms with Gasteiger partial charge in [-0.3, -0.25) is 4.79 Å². The molecule has 0 unspecified atom stereocenters. The highest BCUT2D eigenvalue weighted by Gasteiger charge is 2.09. The lowest BCUT2D eigenvalue weighted by Crippen LogP contribution is -2.24. The number of ether oxygens (including phenoxy) is 2. The fourth-order valence-electron chi connectivity index (χ4n) is 2.35. The summed E-state index contributed by atoms with van der Waals surface area (Å²) in [6.07, 6.45) is 0.515. The number of hydrogen-bond acceptors (Lipinski definition) is 4. The predicted molar refractivity (Wildman–Crippen MR) is 100 cm³/mol. The smallest absolute Gasteiger partial charge is 0.234 e. The van der Waals surface area contributed by atoms with E-state index in [9.17, 15) is 4.79 Å². The summed E-state index contributed by atoms with van der Waals surface area (Å²) in [6, 6.07) is 15.0. The van der Waals surface area contributed by atoms with Gasteiger partial charge in [0, 0.05) is 17.1 Å². The van der Waals surface area contributed by atoms with Crippen molar-refractivity contribution in [1.29, 1.82) is 5.26 Å². The van der Waals surface area contributed by atoms with Gasteiger partial charge in [-0.1, -0.05) is 35.9 Å². The van der Waals surface area contributed by atoms with Crippen molar-refractivity contribution >= 4 is 17.5 Å². The summed E-state index contributed by atoms with van der Waals surface area (Å²) in [6.45, 7) is 3.24. The Labute approximate surface area is 158 Å². The van der Waals surface area contributed by atoms with Crippen molar-refractivity contribution in [3.05, 3.63) is 58.6 Å². The molecule has 0 radical (unpaired) electrons. The van der Waals surface area contributed by atoms with Crippen molar-refractivity contribution in [3.8, 4) is 17.6 Å². The van der Waals surface area contributed by atoms with E-state index in [2.05, 4.69) is 5.32 Å². The van der Waals surface area contributed by atoms with Gasteiger partial charge >= 0.3 is 0 Å². The van der Waals surface area contributed by atoms with E-state index in [1.165, 1.54) is 0 Å². The standard InChI is InChI=1S/C20H21ClN2O3/c1-2-25-19-13-15(10-12-23-20(24)9-11-22)7-8-18(19)26-14-16-5-3-4-6-17(16)21/h3-8,13H,2,9-10,12,14H2,1H3,(H,23,24). The zero-order valence-electron chi connectivity index (χ0n) is 14.6. The van der Waals surface area contributed by atoms with Crippen molar-refractivity contribution < 1.29 is 14.3 Å². The van der Waals surface area contributed by atoms with Crippen LogP contribution in [0.4, 0.5) is 0 Å². The third-order valence-electron chi connectivity index (χ3n) is 3.62. The number of nitriles is 1. The van der Waals surface area contributed by atoms with Crippen molar-refractivity contribution in [2.45, 2.75) is 26.4 Å². The van der Waals surface area contributed by atoms with E-state index < -0.39 is 0 Å². The Morgan fingerprint density at radius 2 is 2.00 bits per heavy atom. The van der Waals surface area contributed by atoms with Crippen LogP contribution < -0.4 is 14.8 Å². The molecule has 0 saturated heterocycles. The van der Waals surface area contributed by atoms with Crippen LogP contribution in [0.1, 0.15) is 24.5 Å². The van der Waals surface area contributed by atoms with Gasteiger partial charge in [-0.25, -0.2) is 0 Å². The fourth-order valence-corrected chi connectivity index (χ4v) is 2.54. The quantitative estimate of drug-likeness (QED) is 0.724. The number of carbonyl (C=O) groups is 1. The van der Waals surface area contributed by atoms with Crippen LogP contribution in [0.25, 0.3) is 0 Å². The summed E-state index contributed by atoms with van der Waals surface area (Å²) >= 11 is 6.16. The number of carbonyl (C=O) groups excluding carboxylic acids is 1. The highest BCUT2D eigenvalue weighted by molar-refractivity contribution is 6.31. The number of benzene rings is 2. The molecule has 2 rings (SSSR count). The Morgan fingerprint density at radius 1 is 1.19 bits per heavy atom. The van der Waals surface area contributed by atoms with Crippen molar-refractivity contribution in [2.75, 3.05) is 13.2 Å². The molecule has 1 N–H and O–H groups in total. The lowest BCUT2D eigenvalue weighted by Gasteiger charge is -2.14. The third kappa shape index (κ3) is 5.98. The first-order valence-corrected chi connectivity index (χ1v) is 8.77. The minimum atomic E-state index is -0.266. The second-order valence-electron chi connectivity index (χ2n) is 5.53. The summed E-state index contributed by atoms with van der Waals surface area (Å²) in [5, 5.41) is 11.8. The molecule has 0 aliphatic carbocycles. The number of hydrogen-bond donors (Lipinski definition) is 1. The van der Waals surface area contributed by atoms with Gasteiger partial charge in [0.1, 0.15) is 13.0 Å². The van der Waals surface area contributed by atoms with E-state index in [0.717, 1.165) is 11.1 Å². The molecule has 26 heavy (non-hydrogen) atoms. The van der Waals surface area contributed by atoms with Crippen LogP contribution >= 0.6 is 11.6 Å². The normalized spacial score (nSPS) is 10.0. The number of halogens is 1. The molecule has 0 fully saturated rings. The lowest BCUT2D eigenvalue weighted by atomic mass is 10.1. The van der Waals surface area contributed by atoms with Crippen LogP contribution in [0.5, 0.6) is 11.5 Å². The zero-order chi connectivity index (χ0) is 18.8. The van der Waals surface area contributed by atoms with Crippen molar-refractivity contribution in [1.82, 2.24) is 5.32 Å². The molecule has 0 heterocycles. The molecule has 0 bridgehead atoms. The number of nitrogens with one attached hydrogen (secondary N) is 1. The Bertz CT molecular complexity index is 787. The van der Waals surface area contributed by atoms with E-state index in [1.807, 2.05) is 55.5 Å². The number of amides is 1. The van der Waals surface area contributed by atoms with E-state index >= 15 is 0 Å². The Hall–Kier alpha value is -2.71. The fraction of sp³-hybridized carbons (Fsp3) is 0.300. The van der Waals surface area contributed by atoms with Gasteiger partial charge in [-0.2, -0.15) is 5.26 Å². The zero-order valence-corrected chi connectivity index (χ0v) is 15.4. The summed E-state index contributed by atoms with van der Waals surface area (Å²) in [7, 11) is 0. The maximum atomic E-state index is 11.3. The Balaban J connectivity index is 2.00. The van der Waals surface area contributed by atoms with E-state index in [0.29, 0.717) is 42.7 Å². The van der Waals surface area contributed by atoms with Crippen LogP contribution in [0.3, 0.4) is 0 Å². The summed E-state index contributed by atoms with van der Waals surface area (Å²) in [4.78, 5) is 11.3. The second kappa shape index (κ2) is 10.3. The van der Waals surface area contributed by atoms with Gasteiger partial charge in [0.05, 0.1) is 12.7 Å². The highest BCUT2D eigenvalue weighted by atomic mass is 35.5. The average molecular weight is 373 g/mol. The van der Waals surface area contributed by atoms with Crippen LogP contribution in [0, 0.1) is 11.3 Å². The molecule has 1 amide bonds. The minimum Gasteiger partial charge on any atom is -0.490 e. The van der Waals surface area contributed by atoms with Crippen molar-refractivity contribution in [3.63, 3.8) is 0 Å². The monoisotopic (exact) mass is 372 g/mol. The van der Waals surface area contributed by atoms with Gasteiger partial charge in [0.15, 0.2) is 11.5 Å². The molecule has 2 aromatic rings. The van der Waals surface area contributed by atoms with Crippen LogP contribution in [0.15, 0.2) is 42.5 Å². The third-order valence-corrected chi connectivity index (χ3v) is 3.99. The van der Waals surface area contributed by atoms with Crippen LogP contribution in [-0.4, -0.2) is 19.1 Å². The van der Waals surface area contributed by atoms with Gasteiger partial charge in [-0.05, 0) is 37.1 Å². The molecule has 0 spiro atoms. The Kier molecular flexibility index (Phi) is 7.78. The molecular weight excluding hydrogens is 352 g/mol. The maximum Gasteiger partial charge on any atom is 0.234 e. The second-order valence-corrected chi connectivity index (χ2v) is 5.94. The number of rotatable bonds is 9. The molecule has 0 saturated carbocycles. The molecular formula is C20H21ClN2O3. The summed E-state index contributed by atoms with van der Waals surface area (Å²) in [5.74, 6) is 1.03. The summed E-state index contributed by atoms with van der Waals surface area (Å²) < 4.78 is 11.5. The van der Waals surface area contributed by atoms with E-state index in [4.69, 9.17) is 26.3 Å². The number of nitrogens with zero attached hydrogens (tertiary/aromatic N) is 1. The van der Waals surface area contributed by atoms with Crippen LogP contribution in [-0.2, 0) is 17.8 Å². The first-order chi connectivity index (χ1) is 12.6. The molecule has 0 aromatic heterocycles. The largest absolute Gasteiger partial charge is 0.490 e. The molecule has 136 valence electrons. The predicted octanol–water partition coefficient (Wildman–Crippen LogP) is 3.89. The molecule has 0 atom stereocenters. The van der Waals surface area contributed by atoms with Gasteiger partial charge in [-0.15, -0.1) is 0 Å². The Morgan fingerprint density at radius 3 is 2.73 bits per heavy atom. The van der Waals surface area contributed by atoms with E-state index in [1.54, 1.807) is 0 Å². The lowest BCUT2D eigenvalue weighted by molar-refractivity contribution is -0.120. The molecule has 6 heteroatoms. The van der Waals surface area contributed by atoms with Crippen molar-refractivity contribution in [2.24, 2.45) is 0 Å². The SMILES string of the molecule is CCOc1cc(CCNC(=O)CC#N)ccc1OCc1ccccc1Cl. The topological polar surface area (TPSA) is 71.3 Å². The molecule has 5 nitrogen and oxygen atoms in total. The maximum absolute atomic E-state index is 11.3. The molecule has 0 aliphatic heterocycles. The van der Waals surface area contributed by atoms with Gasteiger partial charge in [0.25, 0.3) is 0 Å². The first kappa shape index (κ1) is 19.6. The molecule has 2 aromatic carbocycles. The molecule has 0 aliphatic rings. The van der Waals surface area contributed by atoms with Gasteiger partial charge < -0.3 is 14.8 Å². The average Bonchev–Trinajstić information content (AvgIpc) is 2.63. The summed E-state index contributed by atoms with van der Waals surface area (Å²) in [5.41, 5.74) is 1.91. The van der Waals surface area contributed by atoms with Crippen LogP contribution in [0.2, 0.25) is 5.02 Å².